The molecule has 1 aliphatic heterocycles. The van der Waals surface area contributed by atoms with Crippen LogP contribution in [0, 0.1) is 0 Å². The number of fused-ring (bicyclic) bond motifs is 1. The SMILES string of the molecule is CC(C)N1Cc2ccccc2C1c1ccccc1. The van der Waals surface area contributed by atoms with Gasteiger partial charge in [-0.25, -0.2) is 0 Å². The zero-order valence-electron chi connectivity index (χ0n) is 11.0. The second kappa shape index (κ2) is 4.58. The van der Waals surface area contributed by atoms with Crippen molar-refractivity contribution >= 4 is 0 Å². The largest absolute Gasteiger partial charge is 0.286 e. The van der Waals surface area contributed by atoms with Gasteiger partial charge in [-0.15, -0.1) is 0 Å². The Kier molecular flexibility index (Phi) is 2.92. The minimum absolute atomic E-state index is 0.419. The fourth-order valence-electron chi connectivity index (χ4n) is 2.90. The number of nitrogens with zero attached hydrogens (tertiary/aromatic N) is 1. The van der Waals surface area contributed by atoms with Crippen LogP contribution in [0.1, 0.15) is 36.6 Å². The molecule has 0 aliphatic carbocycles. The van der Waals surface area contributed by atoms with Gasteiger partial charge in [0.05, 0.1) is 6.04 Å². The zero-order valence-corrected chi connectivity index (χ0v) is 11.0. The first-order valence-corrected chi connectivity index (χ1v) is 6.66. The third kappa shape index (κ3) is 1.85. The summed E-state index contributed by atoms with van der Waals surface area (Å²) in [5.41, 5.74) is 4.34. The topological polar surface area (TPSA) is 3.24 Å². The summed E-state index contributed by atoms with van der Waals surface area (Å²) in [5.74, 6) is 0. The molecule has 1 atom stereocenters. The molecule has 1 aliphatic rings. The first-order valence-electron chi connectivity index (χ1n) is 6.66. The van der Waals surface area contributed by atoms with E-state index in [9.17, 15) is 0 Å². The molecule has 0 bridgehead atoms. The highest BCUT2D eigenvalue weighted by molar-refractivity contribution is 5.41. The van der Waals surface area contributed by atoms with Gasteiger partial charge in [-0.2, -0.15) is 0 Å². The molecular weight excluding hydrogens is 218 g/mol. The fraction of sp³-hybridized carbons (Fsp3) is 0.294. The Morgan fingerprint density at radius 3 is 2.33 bits per heavy atom. The highest BCUT2D eigenvalue weighted by atomic mass is 15.2. The summed E-state index contributed by atoms with van der Waals surface area (Å²) >= 11 is 0. The molecular formula is C17H19N. The molecule has 18 heavy (non-hydrogen) atoms. The Labute approximate surface area is 109 Å². The Morgan fingerprint density at radius 1 is 0.944 bits per heavy atom. The fourth-order valence-corrected chi connectivity index (χ4v) is 2.90. The number of rotatable bonds is 2. The summed E-state index contributed by atoms with van der Waals surface area (Å²) in [6.07, 6.45) is 0. The quantitative estimate of drug-likeness (QED) is 0.763. The Morgan fingerprint density at radius 2 is 1.61 bits per heavy atom. The molecule has 1 nitrogen and oxygen atoms in total. The first-order chi connectivity index (χ1) is 8.77. The summed E-state index contributed by atoms with van der Waals surface area (Å²) < 4.78 is 0. The third-order valence-corrected chi connectivity index (χ3v) is 3.81. The monoisotopic (exact) mass is 237 g/mol. The lowest BCUT2D eigenvalue weighted by molar-refractivity contribution is 0.192. The van der Waals surface area contributed by atoms with Crippen LogP contribution in [0.25, 0.3) is 0 Å². The van der Waals surface area contributed by atoms with Crippen LogP contribution in [0.15, 0.2) is 54.6 Å². The number of hydrogen-bond acceptors (Lipinski definition) is 1. The van der Waals surface area contributed by atoms with Crippen LogP contribution in [0.4, 0.5) is 0 Å². The molecule has 0 spiro atoms. The molecule has 1 heterocycles. The van der Waals surface area contributed by atoms with E-state index < -0.39 is 0 Å². The van der Waals surface area contributed by atoms with Crippen molar-refractivity contribution in [3.05, 3.63) is 71.3 Å². The second-order valence-electron chi connectivity index (χ2n) is 5.28. The van der Waals surface area contributed by atoms with Crippen LogP contribution in [-0.4, -0.2) is 10.9 Å². The van der Waals surface area contributed by atoms with Gasteiger partial charge in [0, 0.05) is 12.6 Å². The molecule has 92 valence electrons. The van der Waals surface area contributed by atoms with Gasteiger partial charge in [0.15, 0.2) is 0 Å². The van der Waals surface area contributed by atoms with Gasteiger partial charge in [0.1, 0.15) is 0 Å². The van der Waals surface area contributed by atoms with Gasteiger partial charge in [0.2, 0.25) is 0 Å². The van der Waals surface area contributed by atoms with Crippen molar-refractivity contribution < 1.29 is 0 Å². The van der Waals surface area contributed by atoms with Crippen molar-refractivity contribution in [2.45, 2.75) is 32.5 Å². The molecule has 2 aromatic carbocycles. The first kappa shape index (κ1) is 11.5. The molecule has 0 fully saturated rings. The maximum Gasteiger partial charge on any atom is 0.0610 e. The van der Waals surface area contributed by atoms with E-state index in [4.69, 9.17) is 0 Å². The summed E-state index contributed by atoms with van der Waals surface area (Å²) in [5, 5.41) is 0. The number of hydrogen-bond donors (Lipinski definition) is 0. The molecule has 0 saturated heterocycles. The molecule has 1 heteroatoms. The maximum atomic E-state index is 2.57. The van der Waals surface area contributed by atoms with Crippen molar-refractivity contribution in [2.75, 3.05) is 0 Å². The van der Waals surface area contributed by atoms with Crippen molar-refractivity contribution in [3.63, 3.8) is 0 Å². The van der Waals surface area contributed by atoms with E-state index in [2.05, 4.69) is 73.3 Å². The maximum absolute atomic E-state index is 2.57. The van der Waals surface area contributed by atoms with E-state index in [-0.39, 0.29) is 0 Å². The summed E-state index contributed by atoms with van der Waals surface area (Å²) in [6, 6.07) is 20.6. The van der Waals surface area contributed by atoms with E-state index >= 15 is 0 Å². The highest BCUT2D eigenvalue weighted by Gasteiger charge is 2.32. The second-order valence-corrected chi connectivity index (χ2v) is 5.28. The molecule has 0 amide bonds. The molecule has 0 radical (unpaired) electrons. The molecule has 0 N–H and O–H groups in total. The lowest BCUT2D eigenvalue weighted by Gasteiger charge is -2.29. The average Bonchev–Trinajstić information content (AvgIpc) is 2.79. The third-order valence-electron chi connectivity index (χ3n) is 3.81. The predicted octanol–water partition coefficient (Wildman–Crippen LogP) is 4.00. The zero-order chi connectivity index (χ0) is 12.5. The van der Waals surface area contributed by atoms with Crippen molar-refractivity contribution in [1.29, 1.82) is 0 Å². The number of benzene rings is 2. The lowest BCUT2D eigenvalue weighted by atomic mass is 9.98. The molecule has 2 aromatic rings. The van der Waals surface area contributed by atoms with E-state index in [0.29, 0.717) is 12.1 Å². The minimum Gasteiger partial charge on any atom is -0.286 e. The van der Waals surface area contributed by atoms with Crippen LogP contribution in [0.2, 0.25) is 0 Å². The van der Waals surface area contributed by atoms with E-state index in [1.54, 1.807) is 0 Å². The van der Waals surface area contributed by atoms with Gasteiger partial charge in [-0.3, -0.25) is 4.90 Å². The Balaban J connectivity index is 2.09. The highest BCUT2D eigenvalue weighted by Crippen LogP contribution is 2.39. The summed E-state index contributed by atoms with van der Waals surface area (Å²) in [7, 11) is 0. The molecule has 0 saturated carbocycles. The van der Waals surface area contributed by atoms with Gasteiger partial charge in [0.25, 0.3) is 0 Å². The minimum atomic E-state index is 0.419. The molecule has 3 rings (SSSR count). The molecule has 0 aromatic heterocycles. The lowest BCUT2D eigenvalue weighted by Crippen LogP contribution is -2.29. The van der Waals surface area contributed by atoms with E-state index in [1.807, 2.05) is 0 Å². The Hall–Kier alpha value is -1.60. The van der Waals surface area contributed by atoms with Crippen LogP contribution < -0.4 is 0 Å². The van der Waals surface area contributed by atoms with E-state index in [1.165, 1.54) is 16.7 Å². The van der Waals surface area contributed by atoms with Crippen molar-refractivity contribution in [2.24, 2.45) is 0 Å². The van der Waals surface area contributed by atoms with Crippen molar-refractivity contribution in [1.82, 2.24) is 4.90 Å². The average molecular weight is 237 g/mol. The Bertz CT molecular complexity index is 530. The van der Waals surface area contributed by atoms with Crippen LogP contribution in [0.3, 0.4) is 0 Å². The van der Waals surface area contributed by atoms with Gasteiger partial charge < -0.3 is 0 Å². The van der Waals surface area contributed by atoms with Gasteiger partial charge >= 0.3 is 0 Å². The van der Waals surface area contributed by atoms with Crippen LogP contribution in [-0.2, 0) is 6.54 Å². The van der Waals surface area contributed by atoms with Crippen LogP contribution in [0.5, 0.6) is 0 Å². The van der Waals surface area contributed by atoms with Gasteiger partial charge in [-0.05, 0) is 30.5 Å². The van der Waals surface area contributed by atoms with E-state index in [0.717, 1.165) is 6.54 Å². The smallest absolute Gasteiger partial charge is 0.0610 e. The van der Waals surface area contributed by atoms with Crippen LogP contribution >= 0.6 is 0 Å². The van der Waals surface area contributed by atoms with Gasteiger partial charge in [-0.1, -0.05) is 54.6 Å². The summed E-state index contributed by atoms with van der Waals surface area (Å²) in [4.78, 5) is 2.57. The standard InChI is InChI=1S/C17H19N/c1-13(2)18-12-15-10-6-7-11-16(15)17(18)14-8-4-3-5-9-14/h3-11,13,17H,12H2,1-2H3. The summed E-state index contributed by atoms with van der Waals surface area (Å²) in [6.45, 7) is 5.62. The predicted molar refractivity (Wildman–Crippen MR) is 75.4 cm³/mol. The molecule has 1 unspecified atom stereocenters. The van der Waals surface area contributed by atoms with Crippen molar-refractivity contribution in [3.8, 4) is 0 Å². The normalized spacial score (nSPS) is 19.2.